The fourth-order valence-electron chi connectivity index (χ4n) is 2.99. The van der Waals surface area contributed by atoms with Gasteiger partial charge in [-0.2, -0.15) is 5.10 Å². The molecule has 0 saturated carbocycles. The summed E-state index contributed by atoms with van der Waals surface area (Å²) >= 11 is 3.59. The number of nitrogens with zero attached hydrogens (tertiary/aromatic N) is 2. The third kappa shape index (κ3) is 3.64. The van der Waals surface area contributed by atoms with Crippen molar-refractivity contribution >= 4 is 32.8 Å². The molecular formula is C22H17BrN2O2. The summed E-state index contributed by atoms with van der Waals surface area (Å²) < 4.78 is 8.27. The summed E-state index contributed by atoms with van der Waals surface area (Å²) in [5.74, 6) is -0.352. The number of ether oxygens (including phenoxy) is 1. The Kier molecular flexibility index (Phi) is 4.77. The van der Waals surface area contributed by atoms with Crippen molar-refractivity contribution in [2.45, 2.75) is 13.5 Å². The molecule has 27 heavy (non-hydrogen) atoms. The standard InChI is InChI=1S/C22H17BrN2O2/c1-15-10-20(23)19-13-24-25(21(19)11-15)18-9-5-8-17(12-18)22(26)27-14-16-6-3-2-4-7-16/h2-13H,14H2,1H3. The van der Waals surface area contributed by atoms with Gasteiger partial charge < -0.3 is 4.74 Å². The Morgan fingerprint density at radius 1 is 1.07 bits per heavy atom. The minimum absolute atomic E-state index is 0.251. The van der Waals surface area contributed by atoms with Crippen molar-refractivity contribution in [1.29, 1.82) is 0 Å². The normalized spacial score (nSPS) is 10.9. The van der Waals surface area contributed by atoms with Gasteiger partial charge in [-0.05, 0) is 48.4 Å². The number of halogens is 1. The van der Waals surface area contributed by atoms with Crippen molar-refractivity contribution in [2.75, 3.05) is 0 Å². The summed E-state index contributed by atoms with van der Waals surface area (Å²) in [4.78, 5) is 12.5. The minimum atomic E-state index is -0.352. The topological polar surface area (TPSA) is 44.1 Å². The number of hydrogen-bond acceptors (Lipinski definition) is 3. The maximum Gasteiger partial charge on any atom is 0.338 e. The second-order valence-corrected chi connectivity index (χ2v) is 7.20. The number of hydrogen-bond donors (Lipinski definition) is 0. The molecule has 0 bridgehead atoms. The average Bonchev–Trinajstić information content (AvgIpc) is 3.11. The molecule has 0 aliphatic heterocycles. The van der Waals surface area contributed by atoms with Gasteiger partial charge in [-0.1, -0.05) is 52.3 Å². The van der Waals surface area contributed by atoms with Crippen LogP contribution in [0.4, 0.5) is 0 Å². The minimum Gasteiger partial charge on any atom is -0.457 e. The molecule has 0 saturated heterocycles. The zero-order valence-electron chi connectivity index (χ0n) is 14.7. The zero-order chi connectivity index (χ0) is 18.8. The molecular weight excluding hydrogens is 404 g/mol. The lowest BCUT2D eigenvalue weighted by Gasteiger charge is -2.08. The molecule has 0 aliphatic rings. The highest BCUT2D eigenvalue weighted by Gasteiger charge is 2.12. The third-order valence-electron chi connectivity index (χ3n) is 4.32. The number of rotatable bonds is 4. The lowest BCUT2D eigenvalue weighted by molar-refractivity contribution is 0.0472. The Morgan fingerprint density at radius 2 is 1.89 bits per heavy atom. The van der Waals surface area contributed by atoms with E-state index in [4.69, 9.17) is 4.74 Å². The Hall–Kier alpha value is -2.92. The number of esters is 1. The third-order valence-corrected chi connectivity index (χ3v) is 4.98. The summed E-state index contributed by atoms with van der Waals surface area (Å²) in [5.41, 5.74) is 4.39. The summed E-state index contributed by atoms with van der Waals surface area (Å²) in [7, 11) is 0. The van der Waals surface area contributed by atoms with Gasteiger partial charge in [0, 0.05) is 9.86 Å². The van der Waals surface area contributed by atoms with E-state index in [0.29, 0.717) is 5.56 Å². The molecule has 4 rings (SSSR count). The second-order valence-electron chi connectivity index (χ2n) is 6.35. The van der Waals surface area contributed by atoms with Gasteiger partial charge in [0.05, 0.1) is 23.0 Å². The molecule has 0 aliphatic carbocycles. The van der Waals surface area contributed by atoms with E-state index in [0.717, 1.165) is 32.2 Å². The van der Waals surface area contributed by atoms with Gasteiger partial charge >= 0.3 is 5.97 Å². The molecule has 0 radical (unpaired) electrons. The molecule has 4 nitrogen and oxygen atoms in total. The van der Waals surface area contributed by atoms with Crippen molar-refractivity contribution in [3.8, 4) is 5.69 Å². The molecule has 5 heteroatoms. The fourth-order valence-corrected chi connectivity index (χ4v) is 3.66. The summed E-state index contributed by atoms with van der Waals surface area (Å²) in [6.07, 6.45) is 1.82. The van der Waals surface area contributed by atoms with Crippen molar-refractivity contribution in [2.24, 2.45) is 0 Å². The van der Waals surface area contributed by atoms with Gasteiger partial charge in [-0.25, -0.2) is 9.48 Å². The van der Waals surface area contributed by atoms with Crippen LogP contribution in [0.2, 0.25) is 0 Å². The molecule has 1 heterocycles. The van der Waals surface area contributed by atoms with Crippen LogP contribution in [0.5, 0.6) is 0 Å². The first-order valence-corrected chi connectivity index (χ1v) is 9.36. The molecule has 4 aromatic rings. The number of carbonyl (C=O) groups is 1. The number of fused-ring (bicyclic) bond motifs is 1. The average molecular weight is 421 g/mol. The Balaban J connectivity index is 1.62. The van der Waals surface area contributed by atoms with E-state index in [1.165, 1.54) is 0 Å². The molecule has 0 fully saturated rings. The number of carbonyl (C=O) groups excluding carboxylic acids is 1. The van der Waals surface area contributed by atoms with E-state index in [1.54, 1.807) is 12.1 Å². The van der Waals surface area contributed by atoms with Crippen LogP contribution in [0.3, 0.4) is 0 Å². The molecule has 0 spiro atoms. The number of benzene rings is 3. The molecule has 0 amide bonds. The second kappa shape index (κ2) is 7.37. The molecule has 0 unspecified atom stereocenters. The van der Waals surface area contributed by atoms with E-state index in [9.17, 15) is 4.79 Å². The van der Waals surface area contributed by atoms with Crippen molar-refractivity contribution < 1.29 is 9.53 Å². The molecule has 0 atom stereocenters. The SMILES string of the molecule is Cc1cc(Br)c2cnn(-c3cccc(C(=O)OCc4ccccc4)c3)c2c1. The van der Waals surface area contributed by atoms with Crippen molar-refractivity contribution in [1.82, 2.24) is 9.78 Å². The van der Waals surface area contributed by atoms with Crippen LogP contribution in [-0.2, 0) is 11.3 Å². The lowest BCUT2D eigenvalue weighted by Crippen LogP contribution is -2.06. The van der Waals surface area contributed by atoms with Gasteiger partial charge in [0.15, 0.2) is 0 Å². The van der Waals surface area contributed by atoms with Crippen LogP contribution in [0.1, 0.15) is 21.5 Å². The van der Waals surface area contributed by atoms with Crippen LogP contribution >= 0.6 is 15.9 Å². The van der Waals surface area contributed by atoms with Crippen LogP contribution in [0.15, 0.2) is 77.4 Å². The van der Waals surface area contributed by atoms with Gasteiger partial charge in [0.1, 0.15) is 6.61 Å². The van der Waals surface area contributed by atoms with E-state index >= 15 is 0 Å². The van der Waals surface area contributed by atoms with E-state index in [1.807, 2.05) is 60.3 Å². The fraction of sp³-hybridized carbons (Fsp3) is 0.0909. The van der Waals surface area contributed by atoms with E-state index in [2.05, 4.69) is 33.2 Å². The highest BCUT2D eigenvalue weighted by molar-refractivity contribution is 9.10. The molecule has 1 aromatic heterocycles. The number of aryl methyl sites for hydroxylation is 1. The predicted octanol–water partition coefficient (Wildman–Crippen LogP) is 5.45. The van der Waals surface area contributed by atoms with E-state index in [-0.39, 0.29) is 12.6 Å². The van der Waals surface area contributed by atoms with Gasteiger partial charge in [-0.15, -0.1) is 0 Å². The van der Waals surface area contributed by atoms with Gasteiger partial charge in [0.2, 0.25) is 0 Å². The first-order valence-electron chi connectivity index (χ1n) is 8.57. The Bertz CT molecular complexity index is 1120. The zero-order valence-corrected chi connectivity index (χ0v) is 16.3. The smallest absolute Gasteiger partial charge is 0.338 e. The highest BCUT2D eigenvalue weighted by atomic mass is 79.9. The van der Waals surface area contributed by atoms with Crippen molar-refractivity contribution in [3.05, 3.63) is 94.1 Å². The van der Waals surface area contributed by atoms with Crippen LogP contribution in [-0.4, -0.2) is 15.7 Å². The molecule has 0 N–H and O–H groups in total. The maximum atomic E-state index is 12.5. The first kappa shape index (κ1) is 17.5. The Morgan fingerprint density at radius 3 is 2.70 bits per heavy atom. The predicted molar refractivity (Wildman–Crippen MR) is 109 cm³/mol. The van der Waals surface area contributed by atoms with Crippen LogP contribution < -0.4 is 0 Å². The highest BCUT2D eigenvalue weighted by Crippen LogP contribution is 2.27. The largest absolute Gasteiger partial charge is 0.457 e. The summed E-state index contributed by atoms with van der Waals surface area (Å²) in [6.45, 7) is 2.29. The quantitative estimate of drug-likeness (QED) is 0.412. The number of aromatic nitrogens is 2. The van der Waals surface area contributed by atoms with Crippen LogP contribution in [0.25, 0.3) is 16.6 Å². The molecule has 3 aromatic carbocycles. The van der Waals surface area contributed by atoms with Crippen molar-refractivity contribution in [3.63, 3.8) is 0 Å². The molecule has 134 valence electrons. The summed E-state index contributed by atoms with van der Waals surface area (Å²) in [5, 5.41) is 5.52. The summed E-state index contributed by atoms with van der Waals surface area (Å²) in [6, 6.07) is 21.1. The maximum absolute atomic E-state index is 12.5. The van der Waals surface area contributed by atoms with Gasteiger partial charge in [0.25, 0.3) is 0 Å². The van der Waals surface area contributed by atoms with Crippen LogP contribution in [0, 0.1) is 6.92 Å². The van der Waals surface area contributed by atoms with Gasteiger partial charge in [-0.3, -0.25) is 0 Å². The van der Waals surface area contributed by atoms with E-state index < -0.39 is 0 Å². The lowest BCUT2D eigenvalue weighted by atomic mass is 10.1. The monoisotopic (exact) mass is 420 g/mol. The first-order chi connectivity index (χ1) is 13.1. The Labute approximate surface area is 165 Å².